The molecule has 1 aliphatic heterocycles. The Hall–Kier alpha value is -12.5. The number of carboxylic acid groups (broad SMARTS) is 3. The molecule has 16 amide bonds. The molecule has 2 heterocycles. The van der Waals surface area contributed by atoms with Crippen LogP contribution in [-0.2, 0) is 97.5 Å². The van der Waals surface area contributed by atoms with E-state index in [0.717, 1.165) is 6.92 Å². The number of H-pyrrole nitrogens is 1. The molecule has 0 radical (unpaired) electrons. The summed E-state index contributed by atoms with van der Waals surface area (Å²) in [6, 6.07) is -23.9. The van der Waals surface area contributed by atoms with Gasteiger partial charge in [-0.05, 0) is 134 Å². The van der Waals surface area contributed by atoms with Gasteiger partial charge in [0.1, 0.15) is 90.6 Å². The monoisotopic (exact) mass is 1880 g/mol. The smallest absolute Gasteiger partial charge is 0.326 e. The minimum absolute atomic E-state index is 0.0235. The van der Waals surface area contributed by atoms with Crippen LogP contribution in [0.1, 0.15) is 198 Å². The van der Waals surface area contributed by atoms with Crippen molar-refractivity contribution in [3.63, 3.8) is 0 Å². The van der Waals surface area contributed by atoms with Crippen LogP contribution in [0.4, 0.5) is 0 Å². The molecule has 1 aliphatic rings. The second-order valence-corrected chi connectivity index (χ2v) is 33.9. The van der Waals surface area contributed by atoms with Gasteiger partial charge in [0.2, 0.25) is 94.5 Å². The number of nitrogens with zero attached hydrogens (tertiary/aromatic N) is 4. The van der Waals surface area contributed by atoms with Crippen molar-refractivity contribution < 1.29 is 117 Å². The SMILES string of the molecule is CC[C@H](C)[C@H](NC(=O)[C@H](CCC(=O)O)NC(=O)[C@H](Cc1cnc[nH]1)NC(=O)[C@H](NC(=O)[C@H](CO)NC(=O)[C@H](CCCN=C(N)N)NC(=O)CNC(=O)[C@H](C)NC(=O)[C@H](CCC(=O)O)NC(=O)[C@H](CCCCN)NC(=O)[C@@H](NC(=O)[C@@H](NC(=O)[C@H](C)NC(=O)[C@@H](NC(=O)[C@@H](N)CC(C)C)C(C)C)[C@@H](C)O)C(C)C)[C@@H](C)CC)C(=O)N1CCC[C@@H]1C(=O)N[C@@H](CCCN=C(N)N)C(=O)O. The molecule has 19 atom stereocenters. The van der Waals surface area contributed by atoms with Crippen LogP contribution in [0.3, 0.4) is 0 Å². The number of carbonyl (C=O) groups is 19. The number of guanidine groups is 2. The summed E-state index contributed by atoms with van der Waals surface area (Å²) in [5, 5.41) is 87.8. The fourth-order valence-electron chi connectivity index (χ4n) is 13.6. The second-order valence-electron chi connectivity index (χ2n) is 33.9. The second kappa shape index (κ2) is 59.0. The highest BCUT2D eigenvalue weighted by molar-refractivity contribution is 6.01. The lowest BCUT2D eigenvalue weighted by atomic mass is 9.96. The Kier molecular flexibility index (Phi) is 51.7. The lowest BCUT2D eigenvalue weighted by Gasteiger charge is -2.33. The molecule has 2 rings (SSSR count). The third-order valence-electron chi connectivity index (χ3n) is 21.7. The molecular formula is C82H142N26O24. The molecule has 50 nitrogen and oxygen atoms in total. The van der Waals surface area contributed by atoms with Crippen LogP contribution in [0.15, 0.2) is 22.5 Å². The Labute approximate surface area is 766 Å². The summed E-state index contributed by atoms with van der Waals surface area (Å²) in [5.41, 5.74) is 33.8. The number of amides is 16. The first-order valence-electron chi connectivity index (χ1n) is 44.3. The van der Waals surface area contributed by atoms with Crippen LogP contribution in [0.5, 0.6) is 0 Å². The summed E-state index contributed by atoms with van der Waals surface area (Å²) < 4.78 is 0. The van der Waals surface area contributed by atoms with Gasteiger partial charge in [-0.25, -0.2) is 9.78 Å². The molecule has 0 aromatic carbocycles. The van der Waals surface area contributed by atoms with Crippen LogP contribution < -0.4 is 114 Å². The highest BCUT2D eigenvalue weighted by Crippen LogP contribution is 2.24. The molecule has 1 saturated heterocycles. The Balaban J connectivity index is 2.39. The average Bonchev–Trinajstić information content (AvgIpc) is 1.70. The minimum Gasteiger partial charge on any atom is -0.481 e. The summed E-state index contributed by atoms with van der Waals surface area (Å²) in [4.78, 5) is 276. The van der Waals surface area contributed by atoms with Crippen LogP contribution >= 0.6 is 0 Å². The molecule has 0 saturated carbocycles. The highest BCUT2D eigenvalue weighted by atomic mass is 16.4. The summed E-state index contributed by atoms with van der Waals surface area (Å²) in [5.74, 6) is -23.0. The van der Waals surface area contributed by atoms with E-state index >= 15 is 0 Å². The van der Waals surface area contributed by atoms with Crippen molar-refractivity contribution in [1.82, 2.24) is 94.6 Å². The third-order valence-corrected chi connectivity index (χ3v) is 21.7. The van der Waals surface area contributed by atoms with Gasteiger partial charge in [0, 0.05) is 50.8 Å². The zero-order valence-electron chi connectivity index (χ0n) is 77.4. The lowest BCUT2D eigenvalue weighted by Crippen LogP contribution is -2.62. The number of aromatic amines is 1. The highest BCUT2D eigenvalue weighted by Gasteiger charge is 2.44. The van der Waals surface area contributed by atoms with Crippen LogP contribution in [0.25, 0.3) is 0 Å². The molecule has 1 aromatic rings. The van der Waals surface area contributed by atoms with Crippen molar-refractivity contribution in [1.29, 1.82) is 0 Å². The number of carbonyl (C=O) groups excluding carboxylic acids is 16. The van der Waals surface area contributed by atoms with E-state index in [0.29, 0.717) is 19.3 Å². The number of aliphatic hydroxyl groups excluding tert-OH is 2. The van der Waals surface area contributed by atoms with E-state index in [2.05, 4.69) is 99.7 Å². The molecule has 50 heteroatoms. The predicted octanol–water partition coefficient (Wildman–Crippen LogP) is -7.91. The van der Waals surface area contributed by atoms with E-state index in [1.165, 1.54) is 52.0 Å². The van der Waals surface area contributed by atoms with Gasteiger partial charge in [-0.2, -0.15) is 0 Å². The zero-order valence-corrected chi connectivity index (χ0v) is 77.4. The van der Waals surface area contributed by atoms with Gasteiger partial charge < -0.3 is 150 Å². The van der Waals surface area contributed by atoms with Gasteiger partial charge in [0.25, 0.3) is 0 Å². The molecule has 1 aromatic heterocycles. The first-order valence-corrected chi connectivity index (χ1v) is 44.3. The molecule has 33 N–H and O–H groups in total. The fraction of sp³-hybridized carbons (Fsp3) is 0.707. The number of aliphatic hydroxyl groups is 2. The Morgan fingerprint density at radius 2 is 0.894 bits per heavy atom. The molecule has 0 unspecified atom stereocenters. The number of aliphatic imine (C=N–C) groups is 2. The number of hydrogen-bond donors (Lipinski definition) is 27. The number of rotatable bonds is 62. The quantitative estimate of drug-likeness (QED) is 0.0164. The molecule has 0 aliphatic carbocycles. The van der Waals surface area contributed by atoms with Crippen molar-refractivity contribution in [2.75, 3.05) is 39.3 Å². The summed E-state index contributed by atoms with van der Waals surface area (Å²) >= 11 is 0. The van der Waals surface area contributed by atoms with Gasteiger partial charge >= 0.3 is 17.9 Å². The molecule has 0 bridgehead atoms. The van der Waals surface area contributed by atoms with Crippen LogP contribution in [0, 0.1) is 29.6 Å². The molecule has 744 valence electrons. The zero-order chi connectivity index (χ0) is 100. The van der Waals surface area contributed by atoms with Gasteiger partial charge in [0.15, 0.2) is 11.9 Å². The van der Waals surface area contributed by atoms with Gasteiger partial charge in [-0.1, -0.05) is 82.1 Å². The fourth-order valence-corrected chi connectivity index (χ4v) is 13.6. The number of nitrogens with one attached hydrogen (secondary N) is 16. The summed E-state index contributed by atoms with van der Waals surface area (Å²) in [7, 11) is 0. The third kappa shape index (κ3) is 41.3. The normalized spacial score (nSPS) is 16.5. The van der Waals surface area contributed by atoms with E-state index in [1.54, 1.807) is 34.6 Å². The topological polar surface area (TPSA) is 819 Å². The Bertz CT molecular complexity index is 4090. The maximum Gasteiger partial charge on any atom is 0.326 e. The number of hydrogen-bond acceptors (Lipinski definition) is 26. The van der Waals surface area contributed by atoms with E-state index in [4.69, 9.17) is 34.4 Å². The number of nitrogens with two attached hydrogens (primary N) is 6. The maximum atomic E-state index is 14.6. The molecule has 1 fully saturated rings. The van der Waals surface area contributed by atoms with E-state index in [9.17, 15) is 117 Å². The number of aromatic nitrogens is 2. The van der Waals surface area contributed by atoms with E-state index < -0.39 is 278 Å². The number of unbranched alkanes of at least 4 members (excludes halogenated alkanes) is 1. The van der Waals surface area contributed by atoms with Crippen LogP contribution in [-0.4, -0.2) is 307 Å². The maximum absolute atomic E-state index is 14.6. The lowest BCUT2D eigenvalue weighted by molar-refractivity contribution is -0.146. The minimum atomic E-state index is -1.89. The molecule has 132 heavy (non-hydrogen) atoms. The first-order chi connectivity index (χ1) is 61.9. The van der Waals surface area contributed by atoms with Crippen LogP contribution in [0.2, 0.25) is 0 Å². The summed E-state index contributed by atoms with van der Waals surface area (Å²) in [6.07, 6.45) is -0.705. The standard InChI is InChI=1S/C82H142N26O24/c1-14-42(9)62(77(128)101-54(34-47-35-89-38-93-47)72(123)98-52(26-28-59(114)115)71(122)106-63(43(10)15-2)79(130)108-32-20-24-56(108)74(125)100-53(80(131)132)23-19-31-91-82(87)88)105-73(124)55(37-109)102-69(120)49(22-18-30-90-81(85)86)96-57(111)36-92-65(116)44(11)94-68(119)51(25-27-58(112)113)97-70(121)50(21-16-17-29-83)99-76(127)61(41(7)8)104-78(129)64(46(13)110)107-66(117)45(12)95-75(126)60(40(5)6)103-67(118)48(84)33-39(3)4/h35,38-46,48-56,60-64,109-110H,14-34,36-37,83-84H2,1-13H3,(H,89,93)(H,92,116)(H,94,119)(H,95,126)(H,96,111)(H,97,121)(H,98,123)(H,99,127)(H,100,125)(H,101,128)(H,102,120)(H,103,118)(H,104,129)(H,105,124)(H,106,122)(H,107,117)(H,112,113)(H,114,115)(H,131,132)(H4,85,86,90)(H4,87,88,91)/t42-,43-,44-,45-,46+,48-,49-,50-,51-,52-,53-,54-,55-,56+,60-,61-,62+,63-,64-/m0/s1. The van der Waals surface area contributed by atoms with Crippen molar-refractivity contribution >= 4 is 124 Å². The van der Waals surface area contributed by atoms with Crippen molar-refractivity contribution in [3.8, 4) is 0 Å². The van der Waals surface area contributed by atoms with Crippen molar-refractivity contribution in [2.24, 2.45) is 74.0 Å². The number of carboxylic acids is 3. The number of aliphatic carboxylic acids is 3. The largest absolute Gasteiger partial charge is 0.481 e. The van der Waals surface area contributed by atoms with Gasteiger partial charge in [-0.3, -0.25) is 96.3 Å². The Morgan fingerprint density at radius 1 is 0.477 bits per heavy atom. The van der Waals surface area contributed by atoms with Crippen molar-refractivity contribution in [3.05, 3.63) is 18.2 Å². The van der Waals surface area contributed by atoms with E-state index in [1.807, 2.05) is 13.8 Å². The molecule has 0 spiro atoms. The van der Waals surface area contributed by atoms with Gasteiger partial charge in [-0.15, -0.1) is 0 Å². The molecular weight excluding hydrogens is 1730 g/mol. The average molecular weight is 1880 g/mol. The predicted molar refractivity (Wildman–Crippen MR) is 477 cm³/mol. The van der Waals surface area contributed by atoms with E-state index in [-0.39, 0.29) is 114 Å². The van der Waals surface area contributed by atoms with Crippen molar-refractivity contribution in [2.45, 2.75) is 302 Å². The first kappa shape index (κ1) is 116. The summed E-state index contributed by atoms with van der Waals surface area (Å²) in [6.45, 7) is 18.2. The number of likely N-dealkylation sites (tertiary alicyclic amines) is 1. The van der Waals surface area contributed by atoms with Gasteiger partial charge in [0.05, 0.1) is 31.6 Å². The number of imidazole rings is 1. The Morgan fingerprint density at radius 3 is 1.39 bits per heavy atom.